The molecule has 3 aromatic carbocycles. The standard InChI is InChI=1S/C35H43ClN6O9S/c1-7-39(8-2)42(46)38-50-23-49-33(44)26-15-13-25(14-16-26)19-20-40(34(45)51-35(4,5)6)52(47,48)31-22-28(17-18-29(31)36)32(43)37-41-24(3)21-27-11-9-10-12-30(27)41/h9-18,22,24H,7-8,19-21,23H2,1-6H3,(H,37,43)/b42-38-. The van der Waals surface area contributed by atoms with Crippen molar-refractivity contribution in [3.8, 4) is 0 Å². The van der Waals surface area contributed by atoms with Crippen molar-refractivity contribution >= 4 is 45.3 Å². The van der Waals surface area contributed by atoms with Gasteiger partial charge < -0.3 is 19.5 Å². The van der Waals surface area contributed by atoms with Gasteiger partial charge in [-0.15, -0.1) is 5.01 Å². The van der Waals surface area contributed by atoms with E-state index in [-0.39, 0.29) is 40.1 Å². The van der Waals surface area contributed by atoms with E-state index in [0.29, 0.717) is 23.0 Å². The lowest BCUT2D eigenvalue weighted by atomic mass is 10.1. The zero-order chi connectivity index (χ0) is 38.2. The maximum absolute atomic E-state index is 14.1. The Morgan fingerprint density at radius 3 is 2.35 bits per heavy atom. The van der Waals surface area contributed by atoms with E-state index in [4.69, 9.17) is 25.9 Å². The number of sulfonamides is 1. The summed E-state index contributed by atoms with van der Waals surface area (Å²) in [7, 11) is -4.66. The number of benzene rings is 3. The Morgan fingerprint density at radius 1 is 1.04 bits per heavy atom. The number of rotatable bonds is 14. The van der Waals surface area contributed by atoms with Crippen LogP contribution in [0.2, 0.25) is 5.02 Å². The highest BCUT2D eigenvalue weighted by Gasteiger charge is 2.35. The molecule has 1 N–H and O–H groups in total. The van der Waals surface area contributed by atoms with Crippen molar-refractivity contribution in [1.29, 1.82) is 0 Å². The Morgan fingerprint density at radius 2 is 1.69 bits per heavy atom. The summed E-state index contributed by atoms with van der Waals surface area (Å²) in [5, 5.41) is 18.0. The van der Waals surface area contributed by atoms with Gasteiger partial charge in [0.05, 0.1) is 40.4 Å². The predicted octanol–water partition coefficient (Wildman–Crippen LogP) is 5.87. The molecule has 15 nitrogen and oxygen atoms in total. The van der Waals surface area contributed by atoms with Gasteiger partial charge in [-0.2, -0.15) is 0 Å². The fraction of sp³-hybridized carbons (Fsp3) is 0.400. The second-order valence-electron chi connectivity index (χ2n) is 12.8. The van der Waals surface area contributed by atoms with Crippen molar-refractivity contribution in [3.63, 3.8) is 0 Å². The van der Waals surface area contributed by atoms with E-state index in [0.717, 1.165) is 23.7 Å². The van der Waals surface area contributed by atoms with Crippen LogP contribution in [0.15, 0.2) is 76.9 Å². The number of nitrogens with one attached hydrogen (secondary N) is 1. The number of hydrogen-bond donors (Lipinski definition) is 1. The van der Waals surface area contributed by atoms with Crippen LogP contribution in [0.1, 0.15) is 73.4 Å². The fourth-order valence-corrected chi connectivity index (χ4v) is 7.09. The number of fused-ring (bicyclic) bond motifs is 1. The number of para-hydroxylation sites is 1. The molecule has 2 amide bonds. The molecule has 1 unspecified atom stereocenters. The number of hydrogen-bond acceptors (Lipinski definition) is 11. The first-order valence-corrected chi connectivity index (χ1v) is 18.4. The molecule has 4 rings (SSSR count). The summed E-state index contributed by atoms with van der Waals surface area (Å²) in [5.41, 5.74) is 4.48. The van der Waals surface area contributed by atoms with Crippen LogP contribution >= 0.6 is 11.6 Å². The summed E-state index contributed by atoms with van der Waals surface area (Å²) in [6, 6.07) is 17.5. The second-order valence-corrected chi connectivity index (χ2v) is 15.0. The molecule has 0 saturated heterocycles. The molecule has 0 aliphatic carbocycles. The molecule has 1 aliphatic heterocycles. The molecule has 1 atom stereocenters. The van der Waals surface area contributed by atoms with Crippen molar-refractivity contribution in [1.82, 2.24) is 14.7 Å². The number of carbonyl (C=O) groups is 3. The minimum atomic E-state index is -4.66. The highest BCUT2D eigenvalue weighted by Crippen LogP contribution is 2.31. The van der Waals surface area contributed by atoms with Crippen LogP contribution in [0.3, 0.4) is 0 Å². The fourth-order valence-electron chi connectivity index (χ4n) is 5.28. The molecular weight excluding hydrogens is 716 g/mol. The van der Waals surface area contributed by atoms with Crippen LogP contribution in [-0.4, -0.2) is 78.7 Å². The predicted molar refractivity (Wildman–Crippen MR) is 192 cm³/mol. The topological polar surface area (TPSA) is 173 Å². The summed E-state index contributed by atoms with van der Waals surface area (Å²) in [5.74, 6) is -1.31. The SMILES string of the molecule is CCN(CC)/[N+]([O-])=N/OCOC(=O)c1ccc(CCN(C(=O)OC(C)(C)C)S(=O)(=O)c2cc(C(=O)NN3c4ccccc4CC3C)ccc2Cl)cc1. The maximum atomic E-state index is 14.1. The third-order valence-corrected chi connectivity index (χ3v) is 10.2. The number of nitrogens with zero attached hydrogens (tertiary/aromatic N) is 5. The minimum absolute atomic E-state index is 0.0134. The van der Waals surface area contributed by atoms with Crippen LogP contribution in [-0.2, 0) is 37.2 Å². The normalized spacial score (nSPS) is 14.3. The smallest absolute Gasteiger partial charge is 0.424 e. The first kappa shape index (κ1) is 39.7. The summed E-state index contributed by atoms with van der Waals surface area (Å²) >= 11 is 6.40. The van der Waals surface area contributed by atoms with E-state index in [1.807, 2.05) is 31.2 Å². The number of ether oxygens (including phenoxy) is 2. The van der Waals surface area contributed by atoms with Gasteiger partial charge in [0.2, 0.25) is 5.28 Å². The molecule has 0 aromatic heterocycles. The van der Waals surface area contributed by atoms with E-state index in [1.54, 1.807) is 51.8 Å². The summed E-state index contributed by atoms with van der Waals surface area (Å²) in [6.07, 6.45) is -0.381. The van der Waals surface area contributed by atoms with Crippen LogP contribution < -0.4 is 10.4 Å². The average Bonchev–Trinajstić information content (AvgIpc) is 3.40. The van der Waals surface area contributed by atoms with E-state index in [2.05, 4.69) is 10.7 Å². The van der Waals surface area contributed by atoms with Gasteiger partial charge in [-0.1, -0.05) is 41.9 Å². The molecule has 1 aliphatic rings. The molecule has 0 fully saturated rings. The Labute approximate surface area is 308 Å². The van der Waals surface area contributed by atoms with Crippen LogP contribution in [0.4, 0.5) is 10.5 Å². The van der Waals surface area contributed by atoms with Crippen molar-refractivity contribution in [2.45, 2.75) is 70.9 Å². The van der Waals surface area contributed by atoms with Crippen LogP contribution in [0.5, 0.6) is 0 Å². The number of halogens is 1. The molecule has 3 aromatic rings. The van der Waals surface area contributed by atoms with Gasteiger partial charge >= 0.3 is 12.1 Å². The molecule has 280 valence electrons. The van der Waals surface area contributed by atoms with Gasteiger partial charge in [-0.05, 0) is 102 Å². The van der Waals surface area contributed by atoms with Gasteiger partial charge in [0.25, 0.3) is 22.7 Å². The largest absolute Gasteiger partial charge is 0.569 e. The highest BCUT2D eigenvalue weighted by molar-refractivity contribution is 7.89. The van der Waals surface area contributed by atoms with Crippen molar-refractivity contribution in [2.24, 2.45) is 5.28 Å². The molecule has 1 heterocycles. The lowest BCUT2D eigenvalue weighted by molar-refractivity contribution is -0.710. The number of esters is 1. The van der Waals surface area contributed by atoms with Crippen LogP contribution in [0, 0.1) is 5.21 Å². The summed E-state index contributed by atoms with van der Waals surface area (Å²) in [6.45, 7) is 10.2. The zero-order valence-electron chi connectivity index (χ0n) is 29.9. The highest BCUT2D eigenvalue weighted by atomic mass is 35.5. The molecule has 17 heteroatoms. The van der Waals surface area contributed by atoms with E-state index < -0.39 is 45.3 Å². The molecule has 0 spiro atoms. The minimum Gasteiger partial charge on any atom is -0.569 e. The molecule has 0 saturated carbocycles. The van der Waals surface area contributed by atoms with Crippen molar-refractivity contribution in [2.75, 3.05) is 31.4 Å². The first-order valence-electron chi connectivity index (χ1n) is 16.6. The Hall–Kier alpha value is -5.09. The Kier molecular flexibility index (Phi) is 12.9. The maximum Gasteiger partial charge on any atom is 0.424 e. The molecule has 0 bridgehead atoms. The van der Waals surface area contributed by atoms with E-state index >= 15 is 0 Å². The van der Waals surface area contributed by atoms with Gasteiger partial charge in [0, 0.05) is 12.1 Å². The van der Waals surface area contributed by atoms with Crippen LogP contribution in [0.25, 0.3) is 0 Å². The third-order valence-electron chi connectivity index (χ3n) is 7.92. The number of hydrazine groups is 2. The van der Waals surface area contributed by atoms with Gasteiger partial charge in [-0.3, -0.25) is 15.2 Å². The van der Waals surface area contributed by atoms with E-state index in [9.17, 15) is 28.0 Å². The molecule has 0 radical (unpaired) electrons. The molecule has 52 heavy (non-hydrogen) atoms. The Bertz CT molecular complexity index is 1900. The summed E-state index contributed by atoms with van der Waals surface area (Å²) in [4.78, 5) is 43.8. The lowest BCUT2D eigenvalue weighted by Crippen LogP contribution is -2.45. The monoisotopic (exact) mass is 758 g/mol. The lowest BCUT2D eigenvalue weighted by Gasteiger charge is -2.28. The van der Waals surface area contributed by atoms with Gasteiger partial charge in [0.15, 0.2) is 0 Å². The average molecular weight is 759 g/mol. The van der Waals surface area contributed by atoms with Crippen molar-refractivity contribution in [3.05, 3.63) is 99.2 Å². The zero-order valence-corrected chi connectivity index (χ0v) is 31.4. The number of amides is 2. The van der Waals surface area contributed by atoms with Gasteiger partial charge in [-0.25, -0.2) is 22.3 Å². The first-order chi connectivity index (χ1) is 24.5. The van der Waals surface area contributed by atoms with Gasteiger partial charge in [0.1, 0.15) is 10.5 Å². The summed E-state index contributed by atoms with van der Waals surface area (Å²) < 4.78 is 39.3. The third kappa shape index (κ3) is 9.82. The van der Waals surface area contributed by atoms with E-state index in [1.165, 1.54) is 29.3 Å². The number of carbonyl (C=O) groups excluding carboxylic acids is 3. The molecular formula is C35H43ClN6O9S. The van der Waals surface area contributed by atoms with Crippen molar-refractivity contribution < 1.29 is 42.1 Å². The second kappa shape index (κ2) is 17.0. The quantitative estimate of drug-likeness (QED) is 0.0520. The number of anilines is 1. The Balaban J connectivity index is 1.49.